The predicted octanol–water partition coefficient (Wildman–Crippen LogP) is 0.780. The van der Waals surface area contributed by atoms with E-state index in [9.17, 15) is 18.0 Å². The summed E-state index contributed by atoms with van der Waals surface area (Å²) in [6, 6.07) is 4.38. The Morgan fingerprint density at radius 3 is 2.53 bits per heavy atom. The quantitative estimate of drug-likeness (QED) is 0.325. The summed E-state index contributed by atoms with van der Waals surface area (Å²) >= 11 is 0. The monoisotopic (exact) mass is 450 g/mol. The van der Waals surface area contributed by atoms with Gasteiger partial charge in [0, 0.05) is 24.7 Å². The van der Waals surface area contributed by atoms with Gasteiger partial charge in [-0.2, -0.15) is 13.2 Å². The van der Waals surface area contributed by atoms with Gasteiger partial charge in [0.25, 0.3) is 11.9 Å². The molecule has 3 heterocycles. The Hall–Kier alpha value is -3.65. The molecule has 1 fully saturated rings. The fourth-order valence-electron chi connectivity index (χ4n) is 3.05. The van der Waals surface area contributed by atoms with Crippen molar-refractivity contribution in [2.45, 2.75) is 12.3 Å². The van der Waals surface area contributed by atoms with E-state index in [2.05, 4.69) is 25.4 Å². The molecule has 168 valence electrons. The maximum absolute atomic E-state index is 13.0. The highest BCUT2D eigenvalue weighted by molar-refractivity contribution is 5.87. The Balaban J connectivity index is 1.63. The number of amides is 1. The molecule has 1 aliphatic heterocycles. The van der Waals surface area contributed by atoms with E-state index in [1.807, 2.05) is 10.3 Å². The number of alkyl halides is 3. The minimum atomic E-state index is -4.53. The summed E-state index contributed by atoms with van der Waals surface area (Å²) in [5.74, 6) is 4.62. The molecule has 14 heteroatoms. The van der Waals surface area contributed by atoms with E-state index in [1.54, 1.807) is 0 Å². The Bertz CT molecular complexity index is 1110. The number of nitrogens with one attached hydrogen (secondary N) is 1. The zero-order valence-electron chi connectivity index (χ0n) is 16.4. The molecule has 1 atom stereocenters. The first-order chi connectivity index (χ1) is 15.4. The molecule has 2 aromatic heterocycles. The number of morpholine rings is 1. The summed E-state index contributed by atoms with van der Waals surface area (Å²) in [6.45, 7) is 2.15. The number of fused-ring (bicyclic) bond motifs is 1. The molecule has 0 saturated carbocycles. The van der Waals surface area contributed by atoms with E-state index in [0.29, 0.717) is 26.3 Å². The zero-order chi connectivity index (χ0) is 22.7. The normalized spacial score (nSPS) is 15.4. The fourth-order valence-corrected chi connectivity index (χ4v) is 3.05. The highest BCUT2D eigenvalue weighted by atomic mass is 19.4. The van der Waals surface area contributed by atoms with E-state index >= 15 is 0 Å². The second-order valence-electron chi connectivity index (χ2n) is 6.70. The van der Waals surface area contributed by atoms with Crippen LogP contribution < -0.4 is 20.9 Å². The Morgan fingerprint density at radius 2 is 1.88 bits per heavy atom. The van der Waals surface area contributed by atoms with Gasteiger partial charge in [0.1, 0.15) is 5.75 Å². The molecule has 1 amide bonds. The number of pyridine rings is 1. The SMILES string of the molecule is NNC(=O)C(Oc1ccnc2cc(C(F)(F)F)ccc12)c1nnc(N2CCOCC2)nn1. The second-order valence-corrected chi connectivity index (χ2v) is 6.70. The lowest BCUT2D eigenvalue weighted by molar-refractivity contribution is -0.137. The van der Waals surface area contributed by atoms with E-state index < -0.39 is 23.8 Å². The van der Waals surface area contributed by atoms with Gasteiger partial charge in [0.2, 0.25) is 11.9 Å². The first-order valence-corrected chi connectivity index (χ1v) is 9.40. The smallest absolute Gasteiger partial charge is 0.416 e. The van der Waals surface area contributed by atoms with Gasteiger partial charge in [-0.3, -0.25) is 15.2 Å². The lowest BCUT2D eigenvalue weighted by Gasteiger charge is -2.25. The standard InChI is InChI=1S/C18H17F3N8O3/c19-18(20,21)10-1-2-11-12(9-10)23-4-3-13(11)32-14(16(30)24-22)15-25-27-17(28-26-15)29-5-7-31-8-6-29/h1-4,9,14H,5-8,22H2,(H,24,30). The third-order valence-electron chi connectivity index (χ3n) is 4.67. The third-order valence-corrected chi connectivity index (χ3v) is 4.67. The highest BCUT2D eigenvalue weighted by Crippen LogP contribution is 2.34. The zero-order valence-corrected chi connectivity index (χ0v) is 16.4. The molecular weight excluding hydrogens is 433 g/mol. The van der Waals surface area contributed by atoms with Crippen molar-refractivity contribution >= 4 is 22.8 Å². The van der Waals surface area contributed by atoms with Gasteiger partial charge >= 0.3 is 6.18 Å². The van der Waals surface area contributed by atoms with Crippen LogP contribution in [0.3, 0.4) is 0 Å². The van der Waals surface area contributed by atoms with E-state index in [4.69, 9.17) is 15.3 Å². The number of nitrogens with two attached hydrogens (primary N) is 1. The largest absolute Gasteiger partial charge is 0.471 e. The Kier molecular flexibility index (Phi) is 5.96. The lowest BCUT2D eigenvalue weighted by Crippen LogP contribution is -2.39. The molecule has 4 rings (SSSR count). The molecule has 11 nitrogen and oxygen atoms in total. The average Bonchev–Trinajstić information content (AvgIpc) is 2.82. The Labute approximate surface area is 178 Å². The van der Waals surface area contributed by atoms with Crippen LogP contribution in [0, 0.1) is 0 Å². The van der Waals surface area contributed by atoms with Crippen molar-refractivity contribution in [3.05, 3.63) is 41.9 Å². The predicted molar refractivity (Wildman–Crippen MR) is 103 cm³/mol. The molecule has 32 heavy (non-hydrogen) atoms. The number of anilines is 1. The molecule has 0 aliphatic carbocycles. The number of aromatic nitrogens is 5. The fraction of sp³-hybridized carbons (Fsp3) is 0.333. The number of carbonyl (C=O) groups excluding carboxylic acids is 1. The maximum atomic E-state index is 13.0. The van der Waals surface area contributed by atoms with Crippen molar-refractivity contribution in [2.24, 2.45) is 5.84 Å². The van der Waals surface area contributed by atoms with Crippen molar-refractivity contribution in [1.82, 2.24) is 30.8 Å². The van der Waals surface area contributed by atoms with Crippen LogP contribution >= 0.6 is 0 Å². The number of nitrogens with zero attached hydrogens (tertiary/aromatic N) is 6. The van der Waals surface area contributed by atoms with Crippen LogP contribution in [0.4, 0.5) is 19.1 Å². The van der Waals surface area contributed by atoms with Crippen LogP contribution in [0.5, 0.6) is 5.75 Å². The molecule has 0 spiro atoms. The molecule has 1 aromatic carbocycles. The first-order valence-electron chi connectivity index (χ1n) is 9.40. The maximum Gasteiger partial charge on any atom is 0.416 e. The average molecular weight is 450 g/mol. The Morgan fingerprint density at radius 1 is 1.16 bits per heavy atom. The van der Waals surface area contributed by atoms with Gasteiger partial charge in [-0.1, -0.05) is 0 Å². The van der Waals surface area contributed by atoms with Crippen molar-refractivity contribution in [1.29, 1.82) is 0 Å². The van der Waals surface area contributed by atoms with Gasteiger partial charge < -0.3 is 14.4 Å². The van der Waals surface area contributed by atoms with Crippen LogP contribution in [0.2, 0.25) is 0 Å². The summed E-state index contributed by atoms with van der Waals surface area (Å²) in [4.78, 5) is 18.1. The molecule has 1 aliphatic rings. The van der Waals surface area contributed by atoms with Gasteiger partial charge in [-0.25, -0.2) is 5.84 Å². The number of carbonyl (C=O) groups is 1. The van der Waals surface area contributed by atoms with E-state index in [1.165, 1.54) is 18.3 Å². The molecule has 1 saturated heterocycles. The molecule has 0 radical (unpaired) electrons. The van der Waals surface area contributed by atoms with Gasteiger partial charge in [0.05, 0.1) is 24.3 Å². The van der Waals surface area contributed by atoms with E-state index in [-0.39, 0.29) is 28.4 Å². The lowest BCUT2D eigenvalue weighted by atomic mass is 10.1. The second kappa shape index (κ2) is 8.84. The molecule has 0 bridgehead atoms. The number of hydrazine groups is 1. The molecular formula is C18H17F3N8O3. The number of halogens is 3. The van der Waals surface area contributed by atoms with Crippen molar-refractivity contribution in [3.63, 3.8) is 0 Å². The summed E-state index contributed by atoms with van der Waals surface area (Å²) in [5.41, 5.74) is 1.12. The van der Waals surface area contributed by atoms with Crippen molar-refractivity contribution < 1.29 is 27.4 Å². The van der Waals surface area contributed by atoms with Crippen LogP contribution in [0.25, 0.3) is 10.9 Å². The van der Waals surface area contributed by atoms with Gasteiger partial charge in [-0.05, 0) is 24.3 Å². The third kappa shape index (κ3) is 4.50. The van der Waals surface area contributed by atoms with Crippen LogP contribution in [-0.2, 0) is 15.7 Å². The topological polar surface area (TPSA) is 141 Å². The van der Waals surface area contributed by atoms with Gasteiger partial charge in [0.15, 0.2) is 0 Å². The summed E-state index contributed by atoms with van der Waals surface area (Å²) in [6.07, 6.45) is -4.72. The number of hydrogen-bond acceptors (Lipinski definition) is 10. The minimum absolute atomic E-state index is 0.0315. The van der Waals surface area contributed by atoms with Crippen molar-refractivity contribution in [3.8, 4) is 5.75 Å². The first kappa shape index (κ1) is 21.6. The van der Waals surface area contributed by atoms with Crippen LogP contribution in [0.1, 0.15) is 17.5 Å². The number of benzene rings is 1. The van der Waals surface area contributed by atoms with Gasteiger partial charge in [-0.15, -0.1) is 20.4 Å². The summed E-state index contributed by atoms with van der Waals surface area (Å²) in [7, 11) is 0. The number of ether oxygens (including phenoxy) is 2. The number of rotatable bonds is 5. The molecule has 3 aromatic rings. The minimum Gasteiger partial charge on any atom is -0.471 e. The molecule has 3 N–H and O–H groups in total. The highest BCUT2D eigenvalue weighted by Gasteiger charge is 2.31. The van der Waals surface area contributed by atoms with E-state index in [0.717, 1.165) is 12.1 Å². The summed E-state index contributed by atoms with van der Waals surface area (Å²) in [5, 5.41) is 16.1. The van der Waals surface area contributed by atoms with Crippen molar-refractivity contribution in [2.75, 3.05) is 31.2 Å². The summed E-state index contributed by atoms with van der Waals surface area (Å²) < 4.78 is 50.0. The van der Waals surface area contributed by atoms with Crippen LogP contribution in [0.15, 0.2) is 30.5 Å². The number of hydrogen-bond donors (Lipinski definition) is 2. The molecule has 1 unspecified atom stereocenters. The van der Waals surface area contributed by atoms with Crippen LogP contribution in [-0.4, -0.2) is 57.6 Å².